The van der Waals surface area contributed by atoms with Gasteiger partial charge in [-0.1, -0.05) is 29.0 Å². The van der Waals surface area contributed by atoms with Crippen molar-refractivity contribution in [1.82, 2.24) is 4.57 Å². The molecule has 136 valence electrons. The predicted octanol–water partition coefficient (Wildman–Crippen LogP) is 3.41. The Balaban J connectivity index is 1.97. The third-order valence-corrected chi connectivity index (χ3v) is 7.16. The maximum absolute atomic E-state index is 12.4. The van der Waals surface area contributed by atoms with Gasteiger partial charge in [0.2, 0.25) is 0 Å². The van der Waals surface area contributed by atoms with Gasteiger partial charge in [0.1, 0.15) is 5.75 Å². The second-order valence-corrected chi connectivity index (χ2v) is 9.45. The van der Waals surface area contributed by atoms with Gasteiger partial charge in [0.15, 0.2) is 14.6 Å². The number of sulfone groups is 1. The second-order valence-electron chi connectivity index (χ2n) is 6.02. The standard InChI is InChI=1S/C18H17ClN2O3S2/c1-11-4-9-15-17(12(11)2)21(3)18(25-15)20-16(22)10-26(23,24)14-7-5-13(19)6-8-14/h4-9H,10H2,1-3H3. The van der Waals surface area contributed by atoms with Crippen molar-refractivity contribution in [2.45, 2.75) is 18.7 Å². The fraction of sp³-hybridized carbons (Fsp3) is 0.222. The summed E-state index contributed by atoms with van der Waals surface area (Å²) in [4.78, 5) is 16.8. The molecule has 0 saturated heterocycles. The average Bonchev–Trinajstić information content (AvgIpc) is 2.87. The Kier molecular flexibility index (Phi) is 5.05. The summed E-state index contributed by atoms with van der Waals surface area (Å²) in [6.07, 6.45) is 0. The molecule has 8 heteroatoms. The molecule has 0 aliphatic carbocycles. The van der Waals surface area contributed by atoms with Crippen LogP contribution in [0.2, 0.25) is 5.02 Å². The number of fused-ring (bicyclic) bond motifs is 1. The molecule has 26 heavy (non-hydrogen) atoms. The van der Waals surface area contributed by atoms with E-state index in [1.54, 1.807) is 0 Å². The molecule has 0 N–H and O–H groups in total. The molecular weight excluding hydrogens is 392 g/mol. The molecule has 0 aliphatic heterocycles. The number of carbonyl (C=O) groups excluding carboxylic acids is 1. The lowest BCUT2D eigenvalue weighted by molar-refractivity contribution is -0.115. The highest BCUT2D eigenvalue weighted by molar-refractivity contribution is 7.92. The molecule has 3 rings (SSSR count). The first-order chi connectivity index (χ1) is 12.2. The molecule has 0 spiro atoms. The number of amides is 1. The first-order valence-electron chi connectivity index (χ1n) is 7.80. The largest absolute Gasteiger partial charge is 0.319 e. The third kappa shape index (κ3) is 3.60. The minimum Gasteiger partial charge on any atom is -0.319 e. The molecular formula is C18H17ClN2O3S2. The van der Waals surface area contributed by atoms with E-state index in [9.17, 15) is 13.2 Å². The van der Waals surface area contributed by atoms with E-state index in [2.05, 4.69) is 4.99 Å². The summed E-state index contributed by atoms with van der Waals surface area (Å²) in [6, 6.07) is 9.73. The second kappa shape index (κ2) is 6.98. The molecule has 0 unspecified atom stereocenters. The number of hydrogen-bond donors (Lipinski definition) is 0. The lowest BCUT2D eigenvalue weighted by Crippen LogP contribution is -2.19. The number of halogens is 1. The molecule has 0 bridgehead atoms. The Morgan fingerprint density at radius 1 is 1.15 bits per heavy atom. The van der Waals surface area contributed by atoms with Gasteiger partial charge in [-0.05, 0) is 55.3 Å². The zero-order valence-corrected chi connectivity index (χ0v) is 16.9. The Morgan fingerprint density at radius 2 is 1.81 bits per heavy atom. The molecule has 1 heterocycles. The summed E-state index contributed by atoms with van der Waals surface area (Å²) in [6.45, 7) is 4.04. The van der Waals surface area contributed by atoms with Crippen molar-refractivity contribution in [3.8, 4) is 0 Å². The predicted molar refractivity (Wildman–Crippen MR) is 104 cm³/mol. The molecule has 0 radical (unpaired) electrons. The van der Waals surface area contributed by atoms with Crippen LogP contribution < -0.4 is 4.80 Å². The number of nitrogens with zero attached hydrogens (tertiary/aromatic N) is 2. The zero-order valence-electron chi connectivity index (χ0n) is 14.5. The lowest BCUT2D eigenvalue weighted by Gasteiger charge is -2.03. The Labute approximate surface area is 160 Å². The molecule has 0 saturated carbocycles. The van der Waals surface area contributed by atoms with E-state index in [1.165, 1.54) is 35.6 Å². The van der Waals surface area contributed by atoms with Gasteiger partial charge < -0.3 is 4.57 Å². The molecule has 3 aromatic rings. The number of hydrogen-bond acceptors (Lipinski definition) is 4. The minimum atomic E-state index is -3.76. The van der Waals surface area contributed by atoms with E-state index in [1.807, 2.05) is 37.6 Å². The number of aryl methyl sites for hydroxylation is 3. The summed E-state index contributed by atoms with van der Waals surface area (Å²) >= 11 is 7.14. The first-order valence-corrected chi connectivity index (χ1v) is 10.7. The van der Waals surface area contributed by atoms with Gasteiger partial charge in [-0.2, -0.15) is 4.99 Å². The van der Waals surface area contributed by atoms with Crippen molar-refractivity contribution in [2.24, 2.45) is 12.0 Å². The van der Waals surface area contributed by atoms with Gasteiger partial charge in [0.25, 0.3) is 5.91 Å². The van der Waals surface area contributed by atoms with E-state index in [0.717, 1.165) is 21.3 Å². The van der Waals surface area contributed by atoms with E-state index in [0.29, 0.717) is 9.82 Å². The quantitative estimate of drug-likeness (QED) is 0.666. The van der Waals surface area contributed by atoms with Crippen LogP contribution in [0.4, 0.5) is 0 Å². The fourth-order valence-electron chi connectivity index (χ4n) is 2.66. The van der Waals surface area contributed by atoms with Crippen molar-refractivity contribution in [3.63, 3.8) is 0 Å². The highest BCUT2D eigenvalue weighted by atomic mass is 35.5. The fourth-order valence-corrected chi connectivity index (χ4v) is 4.99. The van der Waals surface area contributed by atoms with Crippen molar-refractivity contribution in [3.05, 3.63) is 57.3 Å². The van der Waals surface area contributed by atoms with Crippen molar-refractivity contribution < 1.29 is 13.2 Å². The van der Waals surface area contributed by atoms with Crippen molar-refractivity contribution >= 4 is 48.9 Å². The zero-order chi connectivity index (χ0) is 19.1. The van der Waals surface area contributed by atoms with E-state index in [-0.39, 0.29) is 4.90 Å². The van der Waals surface area contributed by atoms with Crippen LogP contribution in [-0.2, 0) is 21.7 Å². The summed E-state index contributed by atoms with van der Waals surface area (Å²) in [5.41, 5.74) is 3.26. The number of benzene rings is 2. The van der Waals surface area contributed by atoms with Crippen molar-refractivity contribution in [1.29, 1.82) is 0 Å². The van der Waals surface area contributed by atoms with Crippen LogP contribution in [0, 0.1) is 13.8 Å². The maximum Gasteiger partial charge on any atom is 0.263 e. The number of thiazole rings is 1. The maximum atomic E-state index is 12.4. The van der Waals surface area contributed by atoms with Gasteiger partial charge in [0.05, 0.1) is 15.1 Å². The number of aromatic nitrogens is 1. The van der Waals surface area contributed by atoms with Gasteiger partial charge in [-0.15, -0.1) is 0 Å². The SMILES string of the molecule is Cc1ccc2sc(=NC(=O)CS(=O)(=O)c3ccc(Cl)cc3)n(C)c2c1C. The molecule has 5 nitrogen and oxygen atoms in total. The average molecular weight is 409 g/mol. The molecule has 0 aliphatic rings. The van der Waals surface area contributed by atoms with Crippen LogP contribution >= 0.6 is 22.9 Å². The van der Waals surface area contributed by atoms with Crippen LogP contribution in [0.25, 0.3) is 10.2 Å². The lowest BCUT2D eigenvalue weighted by atomic mass is 10.1. The molecule has 0 fully saturated rings. The van der Waals surface area contributed by atoms with Crippen LogP contribution in [0.1, 0.15) is 11.1 Å². The Morgan fingerprint density at radius 3 is 2.46 bits per heavy atom. The van der Waals surface area contributed by atoms with Gasteiger partial charge in [0, 0.05) is 12.1 Å². The van der Waals surface area contributed by atoms with Gasteiger partial charge in [-0.3, -0.25) is 4.79 Å². The van der Waals surface area contributed by atoms with E-state index >= 15 is 0 Å². The highest BCUT2D eigenvalue weighted by Crippen LogP contribution is 2.23. The summed E-state index contributed by atoms with van der Waals surface area (Å²) in [5.74, 6) is -1.38. The van der Waals surface area contributed by atoms with Crippen LogP contribution in [0.15, 0.2) is 46.3 Å². The summed E-state index contributed by atoms with van der Waals surface area (Å²) in [5, 5.41) is 0.433. The topological polar surface area (TPSA) is 68.5 Å². The van der Waals surface area contributed by atoms with E-state index in [4.69, 9.17) is 11.6 Å². The molecule has 1 amide bonds. The van der Waals surface area contributed by atoms with Gasteiger partial charge >= 0.3 is 0 Å². The summed E-state index contributed by atoms with van der Waals surface area (Å²) < 4.78 is 27.6. The van der Waals surface area contributed by atoms with Crippen LogP contribution in [0.5, 0.6) is 0 Å². The summed E-state index contributed by atoms with van der Waals surface area (Å²) in [7, 11) is -1.94. The van der Waals surface area contributed by atoms with E-state index < -0.39 is 21.5 Å². The Bertz CT molecular complexity index is 1170. The Hall–Kier alpha value is -1.96. The van der Waals surface area contributed by atoms with Gasteiger partial charge in [-0.25, -0.2) is 8.42 Å². The number of rotatable bonds is 3. The number of carbonyl (C=O) groups is 1. The monoisotopic (exact) mass is 408 g/mol. The van der Waals surface area contributed by atoms with Crippen LogP contribution in [0.3, 0.4) is 0 Å². The molecule has 0 atom stereocenters. The minimum absolute atomic E-state index is 0.0534. The molecule has 1 aromatic heterocycles. The molecule has 2 aromatic carbocycles. The third-order valence-electron chi connectivity index (χ3n) is 4.19. The smallest absolute Gasteiger partial charge is 0.263 e. The first kappa shape index (κ1) is 18.8. The normalized spacial score (nSPS) is 12.7. The van der Waals surface area contributed by atoms with Crippen LogP contribution in [-0.4, -0.2) is 24.6 Å². The highest BCUT2D eigenvalue weighted by Gasteiger charge is 2.19. The van der Waals surface area contributed by atoms with Crippen molar-refractivity contribution in [2.75, 3.05) is 5.75 Å².